The molecule has 0 radical (unpaired) electrons. The van der Waals surface area contributed by atoms with Crippen molar-refractivity contribution in [3.05, 3.63) is 78.2 Å². The zero-order chi connectivity index (χ0) is 17.6. The van der Waals surface area contributed by atoms with Gasteiger partial charge in [-0.15, -0.1) is 0 Å². The molecule has 0 saturated carbocycles. The molecule has 3 rings (SSSR count). The first kappa shape index (κ1) is 16.6. The molecule has 0 saturated heterocycles. The largest absolute Gasteiger partial charge is 0.328 e. The van der Waals surface area contributed by atoms with Gasteiger partial charge in [0.2, 0.25) is 0 Å². The molecule has 0 bridgehead atoms. The molecule has 0 aliphatic carbocycles. The maximum atomic E-state index is 12.3. The van der Waals surface area contributed by atoms with Crippen LogP contribution in [0, 0.1) is 0 Å². The highest BCUT2D eigenvalue weighted by Crippen LogP contribution is 2.20. The average Bonchev–Trinajstić information content (AvgIpc) is 2.69. The third-order valence-corrected chi connectivity index (χ3v) is 3.98. The summed E-state index contributed by atoms with van der Waals surface area (Å²) >= 11 is 0. The Bertz CT molecular complexity index is 830. The summed E-state index contributed by atoms with van der Waals surface area (Å²) in [5, 5.41) is 2.83. The Hall–Kier alpha value is -3.21. The number of carbonyl (C=O) groups is 1. The molecule has 126 valence electrons. The van der Waals surface area contributed by atoms with Crippen LogP contribution in [-0.4, -0.2) is 22.9 Å². The number of aryl methyl sites for hydroxylation is 1. The van der Waals surface area contributed by atoms with Gasteiger partial charge in [-0.25, -0.2) is 9.97 Å². The van der Waals surface area contributed by atoms with Gasteiger partial charge in [0.1, 0.15) is 5.69 Å². The molecule has 0 aliphatic heterocycles. The molecule has 5 heteroatoms. The molecule has 0 atom stereocenters. The number of hydrogen-bond donors (Lipinski definition) is 1. The SMILES string of the molecule is CCc1ccc(NC(=O)c2cnc(N(C)c3ccccc3)cn2)cc1. The Kier molecular flexibility index (Phi) is 5.04. The number of nitrogens with one attached hydrogen (secondary N) is 1. The fraction of sp³-hybridized carbons (Fsp3) is 0.150. The molecule has 0 fully saturated rings. The minimum absolute atomic E-state index is 0.273. The normalized spacial score (nSPS) is 10.3. The van der Waals surface area contributed by atoms with Gasteiger partial charge in [0.15, 0.2) is 5.82 Å². The first-order valence-corrected chi connectivity index (χ1v) is 8.18. The topological polar surface area (TPSA) is 58.1 Å². The summed E-state index contributed by atoms with van der Waals surface area (Å²) in [6.45, 7) is 2.09. The predicted octanol–water partition coefficient (Wildman–Crippen LogP) is 4.06. The van der Waals surface area contributed by atoms with Crippen LogP contribution in [0.4, 0.5) is 17.2 Å². The van der Waals surface area contributed by atoms with Crippen LogP contribution in [0.3, 0.4) is 0 Å². The summed E-state index contributed by atoms with van der Waals surface area (Å²) in [5.41, 5.74) is 3.26. The molecule has 5 nitrogen and oxygen atoms in total. The van der Waals surface area contributed by atoms with Crippen molar-refractivity contribution in [2.75, 3.05) is 17.3 Å². The molecule has 1 aromatic heterocycles. The van der Waals surface area contributed by atoms with Crippen LogP contribution in [-0.2, 0) is 6.42 Å². The van der Waals surface area contributed by atoms with Crippen molar-refractivity contribution >= 4 is 23.1 Å². The molecule has 0 spiro atoms. The molecule has 1 heterocycles. The van der Waals surface area contributed by atoms with Gasteiger partial charge in [0.05, 0.1) is 12.4 Å². The number of amides is 1. The monoisotopic (exact) mass is 332 g/mol. The van der Waals surface area contributed by atoms with Crippen molar-refractivity contribution in [2.24, 2.45) is 0 Å². The fourth-order valence-electron chi connectivity index (χ4n) is 2.41. The zero-order valence-electron chi connectivity index (χ0n) is 14.3. The van der Waals surface area contributed by atoms with E-state index in [1.807, 2.05) is 66.5 Å². The molecule has 2 aromatic carbocycles. The molecular formula is C20H20N4O. The lowest BCUT2D eigenvalue weighted by molar-refractivity contribution is 0.102. The average molecular weight is 332 g/mol. The van der Waals surface area contributed by atoms with Gasteiger partial charge >= 0.3 is 0 Å². The van der Waals surface area contributed by atoms with Crippen LogP contribution in [0.5, 0.6) is 0 Å². The highest BCUT2D eigenvalue weighted by molar-refractivity contribution is 6.02. The maximum absolute atomic E-state index is 12.3. The van der Waals surface area contributed by atoms with Crippen molar-refractivity contribution in [1.82, 2.24) is 9.97 Å². The van der Waals surface area contributed by atoms with E-state index in [2.05, 4.69) is 22.2 Å². The number of anilines is 3. The lowest BCUT2D eigenvalue weighted by atomic mass is 10.1. The second-order valence-electron chi connectivity index (χ2n) is 5.66. The maximum Gasteiger partial charge on any atom is 0.275 e. The van der Waals surface area contributed by atoms with Gasteiger partial charge in [0.25, 0.3) is 5.91 Å². The molecule has 1 amide bonds. The lowest BCUT2D eigenvalue weighted by Crippen LogP contribution is -2.16. The van der Waals surface area contributed by atoms with Crippen LogP contribution < -0.4 is 10.2 Å². The summed E-state index contributed by atoms with van der Waals surface area (Å²) < 4.78 is 0. The van der Waals surface area contributed by atoms with E-state index in [1.165, 1.54) is 11.8 Å². The van der Waals surface area contributed by atoms with Crippen molar-refractivity contribution < 1.29 is 4.79 Å². The molecule has 0 aliphatic rings. The van der Waals surface area contributed by atoms with Gasteiger partial charge in [-0.2, -0.15) is 0 Å². The fourth-order valence-corrected chi connectivity index (χ4v) is 2.41. The smallest absolute Gasteiger partial charge is 0.275 e. The second kappa shape index (κ2) is 7.57. The quantitative estimate of drug-likeness (QED) is 0.765. The third kappa shape index (κ3) is 4.01. The van der Waals surface area contributed by atoms with Gasteiger partial charge in [0, 0.05) is 18.4 Å². The number of benzene rings is 2. The van der Waals surface area contributed by atoms with Crippen molar-refractivity contribution in [2.45, 2.75) is 13.3 Å². The summed E-state index contributed by atoms with van der Waals surface area (Å²) in [6, 6.07) is 17.6. The summed E-state index contributed by atoms with van der Waals surface area (Å²) in [5.74, 6) is 0.403. The Balaban J connectivity index is 1.69. The Morgan fingerprint density at radius 2 is 1.72 bits per heavy atom. The number of carbonyl (C=O) groups excluding carboxylic acids is 1. The molecule has 3 aromatic rings. The van der Waals surface area contributed by atoms with E-state index < -0.39 is 0 Å². The molecule has 0 unspecified atom stereocenters. The van der Waals surface area contributed by atoms with Crippen molar-refractivity contribution in [1.29, 1.82) is 0 Å². The Labute approximate surface area is 147 Å². The lowest BCUT2D eigenvalue weighted by Gasteiger charge is -2.17. The van der Waals surface area contributed by atoms with Crippen LogP contribution in [0.25, 0.3) is 0 Å². The first-order chi connectivity index (χ1) is 12.2. The summed E-state index contributed by atoms with van der Waals surface area (Å²) in [6.07, 6.45) is 4.06. The van der Waals surface area contributed by atoms with Gasteiger partial charge in [-0.3, -0.25) is 4.79 Å². The van der Waals surface area contributed by atoms with E-state index in [4.69, 9.17) is 0 Å². The van der Waals surface area contributed by atoms with E-state index in [0.717, 1.165) is 17.8 Å². The van der Waals surface area contributed by atoms with Gasteiger partial charge in [-0.1, -0.05) is 37.3 Å². The van der Waals surface area contributed by atoms with Crippen LogP contribution in [0.2, 0.25) is 0 Å². The number of aromatic nitrogens is 2. The van der Waals surface area contributed by atoms with E-state index in [0.29, 0.717) is 5.82 Å². The highest BCUT2D eigenvalue weighted by Gasteiger charge is 2.11. The van der Waals surface area contributed by atoms with Crippen LogP contribution >= 0.6 is 0 Å². The third-order valence-electron chi connectivity index (χ3n) is 3.98. The van der Waals surface area contributed by atoms with Crippen LogP contribution in [0.1, 0.15) is 23.0 Å². The Morgan fingerprint density at radius 1 is 1.00 bits per heavy atom. The number of nitrogens with zero attached hydrogens (tertiary/aromatic N) is 3. The Morgan fingerprint density at radius 3 is 2.32 bits per heavy atom. The molecule has 25 heavy (non-hydrogen) atoms. The summed E-state index contributed by atoms with van der Waals surface area (Å²) in [7, 11) is 1.91. The number of rotatable bonds is 5. The zero-order valence-corrected chi connectivity index (χ0v) is 14.3. The van der Waals surface area contributed by atoms with Gasteiger partial charge < -0.3 is 10.2 Å². The van der Waals surface area contributed by atoms with E-state index in [-0.39, 0.29) is 11.6 Å². The minimum atomic E-state index is -0.273. The number of para-hydroxylation sites is 1. The van der Waals surface area contributed by atoms with E-state index in [9.17, 15) is 4.79 Å². The summed E-state index contributed by atoms with van der Waals surface area (Å²) in [4.78, 5) is 22.8. The minimum Gasteiger partial charge on any atom is -0.328 e. The predicted molar refractivity (Wildman–Crippen MR) is 100 cm³/mol. The standard InChI is InChI=1S/C20H20N4O/c1-3-15-9-11-16(12-10-15)23-20(25)18-13-22-19(14-21-18)24(2)17-7-5-4-6-8-17/h4-14H,3H2,1-2H3,(H,23,25). The van der Waals surface area contributed by atoms with E-state index in [1.54, 1.807) is 6.20 Å². The van der Waals surface area contributed by atoms with Crippen LogP contribution in [0.15, 0.2) is 67.0 Å². The second-order valence-corrected chi connectivity index (χ2v) is 5.66. The van der Waals surface area contributed by atoms with Gasteiger partial charge in [-0.05, 0) is 36.2 Å². The molecular weight excluding hydrogens is 312 g/mol. The molecule has 1 N–H and O–H groups in total. The van der Waals surface area contributed by atoms with Crippen molar-refractivity contribution in [3.8, 4) is 0 Å². The number of hydrogen-bond acceptors (Lipinski definition) is 4. The van der Waals surface area contributed by atoms with E-state index >= 15 is 0 Å². The van der Waals surface area contributed by atoms with Crippen molar-refractivity contribution in [3.63, 3.8) is 0 Å². The first-order valence-electron chi connectivity index (χ1n) is 8.18. The highest BCUT2D eigenvalue weighted by atomic mass is 16.1.